The lowest BCUT2D eigenvalue weighted by atomic mass is 10.2. The van der Waals surface area contributed by atoms with E-state index in [1.165, 1.54) is 6.07 Å². The summed E-state index contributed by atoms with van der Waals surface area (Å²) in [6, 6.07) is 11.8. The molecule has 0 atom stereocenters. The van der Waals surface area contributed by atoms with Gasteiger partial charge in [-0.05, 0) is 31.2 Å². The molecule has 1 aromatic heterocycles. The van der Waals surface area contributed by atoms with Gasteiger partial charge in [-0.15, -0.1) is 0 Å². The summed E-state index contributed by atoms with van der Waals surface area (Å²) in [6.07, 6.45) is 1.60. The molecule has 2 aromatic carbocycles. The fourth-order valence-corrected chi connectivity index (χ4v) is 2.41. The lowest BCUT2D eigenvalue weighted by Gasteiger charge is -2.05. The van der Waals surface area contributed by atoms with E-state index < -0.39 is 4.92 Å². The van der Waals surface area contributed by atoms with Crippen LogP contribution in [0.25, 0.3) is 11.3 Å². The normalized spacial score (nSPS) is 10.6. The van der Waals surface area contributed by atoms with Gasteiger partial charge in [0.05, 0.1) is 11.1 Å². The zero-order chi connectivity index (χ0) is 17.1. The Labute approximate surface area is 142 Å². The second-order valence-corrected chi connectivity index (χ2v) is 5.56. The molecule has 3 aromatic rings. The van der Waals surface area contributed by atoms with Crippen LogP contribution < -0.4 is 4.74 Å². The summed E-state index contributed by atoms with van der Waals surface area (Å²) >= 11 is 5.96. The monoisotopic (exact) mass is 344 g/mol. The molecule has 0 saturated heterocycles. The molecule has 0 aliphatic rings. The number of nitro benzene ring substituents is 1. The van der Waals surface area contributed by atoms with Gasteiger partial charge in [0.25, 0.3) is 5.69 Å². The second-order valence-electron chi connectivity index (χ2n) is 5.12. The van der Waals surface area contributed by atoms with E-state index in [1.807, 2.05) is 12.1 Å². The van der Waals surface area contributed by atoms with Crippen LogP contribution in [0.1, 0.15) is 11.5 Å². The molecule has 0 saturated carbocycles. The number of benzene rings is 2. The molecule has 0 spiro atoms. The van der Waals surface area contributed by atoms with Gasteiger partial charge in [-0.2, -0.15) is 0 Å². The van der Waals surface area contributed by atoms with Crippen molar-refractivity contribution in [1.82, 2.24) is 4.98 Å². The van der Waals surface area contributed by atoms with Crippen molar-refractivity contribution in [3.63, 3.8) is 0 Å². The van der Waals surface area contributed by atoms with E-state index in [4.69, 9.17) is 20.8 Å². The van der Waals surface area contributed by atoms with Crippen LogP contribution in [0.3, 0.4) is 0 Å². The Morgan fingerprint density at radius 3 is 2.83 bits per heavy atom. The third kappa shape index (κ3) is 3.55. The van der Waals surface area contributed by atoms with Gasteiger partial charge in [0.1, 0.15) is 5.75 Å². The smallest absolute Gasteiger partial charge is 0.272 e. The van der Waals surface area contributed by atoms with Gasteiger partial charge in [-0.3, -0.25) is 10.1 Å². The molecule has 0 bridgehead atoms. The van der Waals surface area contributed by atoms with Crippen molar-refractivity contribution in [1.29, 1.82) is 0 Å². The fourth-order valence-electron chi connectivity index (χ4n) is 2.22. The molecule has 122 valence electrons. The predicted octanol–water partition coefficient (Wildman–Crippen LogP) is 4.79. The van der Waals surface area contributed by atoms with Gasteiger partial charge in [0.2, 0.25) is 5.89 Å². The first kappa shape index (κ1) is 16.0. The highest BCUT2D eigenvalue weighted by molar-refractivity contribution is 6.30. The summed E-state index contributed by atoms with van der Waals surface area (Å²) in [5, 5.41) is 11.4. The molecule has 0 unspecified atom stereocenters. The van der Waals surface area contributed by atoms with E-state index in [2.05, 4.69) is 4.98 Å². The average molecular weight is 345 g/mol. The van der Waals surface area contributed by atoms with Crippen molar-refractivity contribution in [2.45, 2.75) is 13.5 Å². The van der Waals surface area contributed by atoms with E-state index in [0.717, 1.165) is 5.56 Å². The molecule has 0 radical (unpaired) electrons. The first-order chi connectivity index (χ1) is 11.5. The van der Waals surface area contributed by atoms with Crippen molar-refractivity contribution in [2.24, 2.45) is 0 Å². The van der Waals surface area contributed by atoms with Crippen LogP contribution >= 0.6 is 11.6 Å². The molecular formula is C17H13ClN2O4. The summed E-state index contributed by atoms with van der Waals surface area (Å²) in [5.74, 6) is 1.51. The number of nitro groups is 1. The third-order valence-corrected chi connectivity index (χ3v) is 3.63. The van der Waals surface area contributed by atoms with E-state index in [9.17, 15) is 10.1 Å². The molecule has 0 fully saturated rings. The van der Waals surface area contributed by atoms with Crippen molar-refractivity contribution in [3.05, 3.63) is 75.3 Å². The lowest BCUT2D eigenvalue weighted by Crippen LogP contribution is -1.97. The Balaban J connectivity index is 1.70. The van der Waals surface area contributed by atoms with Crippen LogP contribution in [0.15, 0.2) is 53.1 Å². The maximum absolute atomic E-state index is 10.8. The van der Waals surface area contributed by atoms with Crippen molar-refractivity contribution < 1.29 is 14.1 Å². The Kier molecular flexibility index (Phi) is 4.48. The molecule has 6 nitrogen and oxygen atoms in total. The van der Waals surface area contributed by atoms with Gasteiger partial charge in [0.15, 0.2) is 12.4 Å². The maximum atomic E-state index is 10.8. The Morgan fingerprint density at radius 1 is 1.29 bits per heavy atom. The molecule has 24 heavy (non-hydrogen) atoms. The topological polar surface area (TPSA) is 78.4 Å². The van der Waals surface area contributed by atoms with Crippen LogP contribution in [0.2, 0.25) is 5.02 Å². The highest BCUT2D eigenvalue weighted by Crippen LogP contribution is 2.25. The van der Waals surface area contributed by atoms with Crippen LogP contribution in [0.4, 0.5) is 5.69 Å². The maximum Gasteiger partial charge on any atom is 0.272 e. The summed E-state index contributed by atoms with van der Waals surface area (Å²) in [6.45, 7) is 1.78. The number of hydrogen-bond donors (Lipinski definition) is 0. The van der Waals surface area contributed by atoms with Crippen molar-refractivity contribution >= 4 is 17.3 Å². The van der Waals surface area contributed by atoms with Gasteiger partial charge in [0, 0.05) is 22.2 Å². The molecule has 7 heteroatoms. The minimum Gasteiger partial charge on any atom is -0.484 e. The summed E-state index contributed by atoms with van der Waals surface area (Å²) in [7, 11) is 0. The third-order valence-electron chi connectivity index (χ3n) is 3.39. The lowest BCUT2D eigenvalue weighted by molar-refractivity contribution is -0.385. The van der Waals surface area contributed by atoms with E-state index in [-0.39, 0.29) is 12.3 Å². The van der Waals surface area contributed by atoms with Gasteiger partial charge < -0.3 is 9.15 Å². The number of nitrogens with zero attached hydrogens (tertiary/aromatic N) is 2. The molecule has 0 aliphatic carbocycles. The number of halogens is 1. The van der Waals surface area contributed by atoms with Crippen LogP contribution in [0.5, 0.6) is 5.75 Å². The second kappa shape index (κ2) is 6.72. The summed E-state index contributed by atoms with van der Waals surface area (Å²) < 4.78 is 11.2. The Bertz CT molecular complexity index is 892. The van der Waals surface area contributed by atoms with Crippen LogP contribution in [0, 0.1) is 17.0 Å². The largest absolute Gasteiger partial charge is 0.484 e. The molecule has 3 rings (SSSR count). The van der Waals surface area contributed by atoms with E-state index in [1.54, 1.807) is 37.4 Å². The quantitative estimate of drug-likeness (QED) is 0.491. The van der Waals surface area contributed by atoms with E-state index in [0.29, 0.717) is 28.0 Å². The van der Waals surface area contributed by atoms with E-state index >= 15 is 0 Å². The zero-order valence-electron chi connectivity index (χ0n) is 12.7. The molecular weight excluding hydrogens is 332 g/mol. The number of oxazole rings is 1. The predicted molar refractivity (Wildman–Crippen MR) is 89.1 cm³/mol. The highest BCUT2D eigenvalue weighted by Gasteiger charge is 2.12. The van der Waals surface area contributed by atoms with Crippen LogP contribution in [-0.2, 0) is 6.61 Å². The number of hydrogen-bond acceptors (Lipinski definition) is 5. The minimum absolute atomic E-state index is 0.0571. The number of aromatic nitrogens is 1. The van der Waals surface area contributed by atoms with Gasteiger partial charge in [-0.25, -0.2) is 4.98 Å². The summed E-state index contributed by atoms with van der Waals surface area (Å²) in [4.78, 5) is 14.5. The minimum atomic E-state index is -0.426. The number of aryl methyl sites for hydroxylation is 1. The SMILES string of the molecule is Cc1cc(OCc2ncc(-c3cccc(Cl)c3)o2)ccc1[N+](=O)[O-]. The van der Waals surface area contributed by atoms with Crippen molar-refractivity contribution in [2.75, 3.05) is 0 Å². The molecule has 0 amide bonds. The zero-order valence-corrected chi connectivity index (χ0v) is 13.5. The Morgan fingerprint density at radius 2 is 2.12 bits per heavy atom. The summed E-state index contributed by atoms with van der Waals surface area (Å²) in [5.41, 5.74) is 1.42. The average Bonchev–Trinajstić information content (AvgIpc) is 3.01. The first-order valence-corrected chi connectivity index (χ1v) is 7.49. The number of rotatable bonds is 5. The fraction of sp³-hybridized carbons (Fsp3) is 0.118. The molecule has 0 aliphatic heterocycles. The standard InChI is InChI=1S/C17H13ClN2O4/c1-11-7-14(5-6-15(11)20(21)22)23-10-17-19-9-16(24-17)12-3-2-4-13(18)8-12/h2-9H,10H2,1H3. The first-order valence-electron chi connectivity index (χ1n) is 7.11. The van der Waals surface area contributed by atoms with Gasteiger partial charge in [-0.1, -0.05) is 23.7 Å². The molecule has 1 heterocycles. The van der Waals surface area contributed by atoms with Gasteiger partial charge >= 0.3 is 0 Å². The van der Waals surface area contributed by atoms with Crippen molar-refractivity contribution in [3.8, 4) is 17.1 Å². The highest BCUT2D eigenvalue weighted by atomic mass is 35.5. The van der Waals surface area contributed by atoms with Crippen LogP contribution in [-0.4, -0.2) is 9.91 Å². The number of ether oxygens (including phenoxy) is 1. The molecule has 0 N–H and O–H groups in total. The Hall–Kier alpha value is -2.86.